The zero-order valence-electron chi connectivity index (χ0n) is 16.5. The number of alkyl halides is 3. The first-order valence-electron chi connectivity index (χ1n) is 9.45. The molecule has 0 spiro atoms. The lowest BCUT2D eigenvalue weighted by molar-refractivity contribution is -0.138. The van der Waals surface area contributed by atoms with Crippen molar-refractivity contribution in [3.63, 3.8) is 0 Å². The molecule has 2 aromatic carbocycles. The number of halogens is 3. The Balaban J connectivity index is 1.66. The van der Waals surface area contributed by atoms with Crippen LogP contribution in [0.2, 0.25) is 0 Å². The summed E-state index contributed by atoms with van der Waals surface area (Å²) in [5.74, 6) is -0.956. The summed E-state index contributed by atoms with van der Waals surface area (Å²) in [6.45, 7) is 0.616. The SMILES string of the molecule is COc1c(C(=O)N2CCc3c(nn(C)c3-c3ccccc3)C2)cccc1C(F)(F)F. The quantitative estimate of drug-likeness (QED) is 0.640. The van der Waals surface area contributed by atoms with E-state index in [1.807, 2.05) is 37.4 Å². The van der Waals surface area contributed by atoms with E-state index >= 15 is 0 Å². The maximum absolute atomic E-state index is 13.3. The summed E-state index contributed by atoms with van der Waals surface area (Å²) in [6.07, 6.45) is -4.04. The maximum Gasteiger partial charge on any atom is 0.419 e. The Morgan fingerprint density at radius 1 is 1.10 bits per heavy atom. The predicted molar refractivity (Wildman–Crippen MR) is 105 cm³/mol. The maximum atomic E-state index is 13.3. The molecule has 1 amide bonds. The zero-order valence-corrected chi connectivity index (χ0v) is 16.5. The molecular formula is C22H20F3N3O2. The van der Waals surface area contributed by atoms with Crippen molar-refractivity contribution in [2.24, 2.45) is 7.05 Å². The lowest BCUT2D eigenvalue weighted by atomic mass is 9.99. The Morgan fingerprint density at radius 2 is 1.83 bits per heavy atom. The molecule has 5 nitrogen and oxygen atoms in total. The van der Waals surface area contributed by atoms with Crippen molar-refractivity contribution in [3.05, 3.63) is 70.9 Å². The van der Waals surface area contributed by atoms with E-state index < -0.39 is 23.4 Å². The average Bonchev–Trinajstić information content (AvgIpc) is 3.07. The molecule has 4 rings (SSSR count). The Morgan fingerprint density at radius 3 is 2.50 bits per heavy atom. The van der Waals surface area contributed by atoms with Gasteiger partial charge < -0.3 is 9.64 Å². The number of ether oxygens (including phenoxy) is 1. The van der Waals surface area contributed by atoms with Crippen molar-refractivity contribution in [2.75, 3.05) is 13.7 Å². The molecule has 30 heavy (non-hydrogen) atoms. The van der Waals surface area contributed by atoms with Crippen LogP contribution in [0.25, 0.3) is 11.3 Å². The summed E-state index contributed by atoms with van der Waals surface area (Å²) in [6, 6.07) is 13.3. The number of benzene rings is 2. The molecule has 0 N–H and O–H groups in total. The highest BCUT2D eigenvalue weighted by Gasteiger charge is 2.37. The number of carbonyl (C=O) groups is 1. The molecule has 0 bridgehead atoms. The van der Waals surface area contributed by atoms with Crippen LogP contribution < -0.4 is 4.74 Å². The number of nitrogens with zero attached hydrogens (tertiary/aromatic N) is 3. The number of hydrogen-bond donors (Lipinski definition) is 0. The number of aromatic nitrogens is 2. The first kappa shape index (κ1) is 20.0. The van der Waals surface area contributed by atoms with Gasteiger partial charge in [0.05, 0.1) is 36.2 Å². The standard InChI is InChI=1S/C22H20F3N3O2/c1-27-19(14-7-4-3-5-8-14)15-11-12-28(13-18(15)26-27)21(29)16-9-6-10-17(20(16)30-2)22(23,24)25/h3-10H,11-13H2,1-2H3. The monoisotopic (exact) mass is 415 g/mol. The van der Waals surface area contributed by atoms with E-state index in [2.05, 4.69) is 5.10 Å². The minimum atomic E-state index is -4.61. The number of fused-ring (bicyclic) bond motifs is 1. The molecule has 0 saturated heterocycles. The molecule has 156 valence electrons. The average molecular weight is 415 g/mol. The Hall–Kier alpha value is -3.29. The Labute approximate surface area is 171 Å². The number of carbonyl (C=O) groups excluding carboxylic acids is 1. The molecule has 0 fully saturated rings. The van der Waals surface area contributed by atoms with Crippen molar-refractivity contribution in [2.45, 2.75) is 19.1 Å². The van der Waals surface area contributed by atoms with Gasteiger partial charge in [-0.15, -0.1) is 0 Å². The lowest BCUT2D eigenvalue weighted by Gasteiger charge is -2.27. The predicted octanol–water partition coefficient (Wildman–Crippen LogP) is 4.31. The third-order valence-electron chi connectivity index (χ3n) is 5.29. The smallest absolute Gasteiger partial charge is 0.419 e. The minimum absolute atomic E-state index is 0.102. The van der Waals surface area contributed by atoms with E-state index in [4.69, 9.17) is 4.74 Å². The van der Waals surface area contributed by atoms with Gasteiger partial charge in [-0.1, -0.05) is 36.4 Å². The van der Waals surface area contributed by atoms with Crippen molar-refractivity contribution in [3.8, 4) is 17.0 Å². The number of aryl methyl sites for hydroxylation is 1. The van der Waals surface area contributed by atoms with Gasteiger partial charge in [0.15, 0.2) is 0 Å². The van der Waals surface area contributed by atoms with Crippen LogP contribution in [-0.2, 0) is 26.2 Å². The molecule has 0 radical (unpaired) electrons. The van der Waals surface area contributed by atoms with Gasteiger partial charge in [-0.05, 0) is 18.6 Å². The van der Waals surface area contributed by atoms with E-state index in [0.29, 0.717) is 13.0 Å². The lowest BCUT2D eigenvalue weighted by Crippen LogP contribution is -2.36. The van der Waals surface area contributed by atoms with Gasteiger partial charge in [-0.25, -0.2) is 0 Å². The molecule has 0 atom stereocenters. The van der Waals surface area contributed by atoms with Crippen LogP contribution in [-0.4, -0.2) is 34.2 Å². The van der Waals surface area contributed by atoms with E-state index in [9.17, 15) is 18.0 Å². The molecule has 2 heterocycles. The topological polar surface area (TPSA) is 47.4 Å². The van der Waals surface area contributed by atoms with Gasteiger partial charge in [-0.3, -0.25) is 9.48 Å². The van der Waals surface area contributed by atoms with Gasteiger partial charge in [-0.2, -0.15) is 18.3 Å². The van der Waals surface area contributed by atoms with Crippen LogP contribution in [0.3, 0.4) is 0 Å². The number of para-hydroxylation sites is 1. The largest absolute Gasteiger partial charge is 0.495 e. The normalized spacial score (nSPS) is 13.8. The first-order chi connectivity index (χ1) is 14.3. The number of amides is 1. The molecule has 1 aliphatic rings. The second-order valence-corrected chi connectivity index (χ2v) is 7.12. The van der Waals surface area contributed by atoms with E-state index in [0.717, 1.165) is 35.7 Å². The molecular weight excluding hydrogens is 395 g/mol. The molecule has 1 aromatic heterocycles. The van der Waals surface area contributed by atoms with Crippen LogP contribution in [0.1, 0.15) is 27.2 Å². The zero-order chi connectivity index (χ0) is 21.5. The van der Waals surface area contributed by atoms with Gasteiger partial charge in [0, 0.05) is 24.7 Å². The van der Waals surface area contributed by atoms with Gasteiger partial charge >= 0.3 is 6.18 Å². The fraction of sp³-hybridized carbons (Fsp3) is 0.273. The number of methoxy groups -OCH3 is 1. The second kappa shape index (κ2) is 7.51. The van der Waals surface area contributed by atoms with Crippen molar-refractivity contribution < 1.29 is 22.7 Å². The van der Waals surface area contributed by atoms with Gasteiger partial charge in [0.2, 0.25) is 0 Å². The molecule has 0 unspecified atom stereocenters. The third kappa shape index (κ3) is 3.42. The summed E-state index contributed by atoms with van der Waals surface area (Å²) < 4.78 is 46.7. The highest BCUT2D eigenvalue weighted by Crippen LogP contribution is 2.39. The highest BCUT2D eigenvalue weighted by molar-refractivity contribution is 5.97. The van der Waals surface area contributed by atoms with Gasteiger partial charge in [0.1, 0.15) is 5.75 Å². The summed E-state index contributed by atoms with van der Waals surface area (Å²) in [4.78, 5) is 14.6. The van der Waals surface area contributed by atoms with Gasteiger partial charge in [0.25, 0.3) is 5.91 Å². The summed E-state index contributed by atoms with van der Waals surface area (Å²) in [5.41, 5.74) is 2.78. The van der Waals surface area contributed by atoms with Crippen LogP contribution >= 0.6 is 0 Å². The van der Waals surface area contributed by atoms with Crippen molar-refractivity contribution >= 4 is 5.91 Å². The molecule has 3 aromatic rings. The van der Waals surface area contributed by atoms with Crippen LogP contribution in [0.5, 0.6) is 5.75 Å². The molecule has 0 saturated carbocycles. The van der Waals surface area contributed by atoms with Crippen LogP contribution in [0.4, 0.5) is 13.2 Å². The van der Waals surface area contributed by atoms with Crippen molar-refractivity contribution in [1.29, 1.82) is 0 Å². The Bertz CT molecular complexity index is 1090. The van der Waals surface area contributed by atoms with Crippen molar-refractivity contribution in [1.82, 2.24) is 14.7 Å². The van der Waals surface area contributed by atoms with Crippen LogP contribution in [0, 0.1) is 0 Å². The second-order valence-electron chi connectivity index (χ2n) is 7.12. The molecule has 0 aliphatic carbocycles. The fourth-order valence-corrected chi connectivity index (χ4v) is 3.97. The highest BCUT2D eigenvalue weighted by atomic mass is 19.4. The first-order valence-corrected chi connectivity index (χ1v) is 9.45. The molecule has 1 aliphatic heterocycles. The van der Waals surface area contributed by atoms with E-state index in [-0.39, 0.29) is 12.1 Å². The summed E-state index contributed by atoms with van der Waals surface area (Å²) >= 11 is 0. The number of hydrogen-bond acceptors (Lipinski definition) is 3. The summed E-state index contributed by atoms with van der Waals surface area (Å²) in [7, 11) is 2.99. The fourth-order valence-electron chi connectivity index (χ4n) is 3.97. The Kier molecular flexibility index (Phi) is 5.01. The van der Waals surface area contributed by atoms with E-state index in [1.165, 1.54) is 17.0 Å². The van der Waals surface area contributed by atoms with Crippen LogP contribution in [0.15, 0.2) is 48.5 Å². The summed E-state index contributed by atoms with van der Waals surface area (Å²) in [5, 5.41) is 4.56. The third-order valence-corrected chi connectivity index (χ3v) is 5.29. The minimum Gasteiger partial charge on any atom is -0.495 e. The number of rotatable bonds is 3. The molecule has 8 heteroatoms. The van der Waals surface area contributed by atoms with E-state index in [1.54, 1.807) is 4.68 Å².